The van der Waals surface area contributed by atoms with Crippen molar-refractivity contribution in [1.82, 2.24) is 4.98 Å². The lowest BCUT2D eigenvalue weighted by Gasteiger charge is -2.20. The maximum absolute atomic E-state index is 11.7. The molecule has 7 nitrogen and oxygen atoms in total. The standard InChI is InChI=1S/C19H29N3O4/c23-19(12-9-16-7-3-1-4-8-16)26-14-6-2-5-13-20-18-11-10-17(15-21-18)22(24)25/h10-11,15-16H,1-9,12-14H2,(H,20,21). The van der Waals surface area contributed by atoms with Crippen molar-refractivity contribution in [2.75, 3.05) is 18.5 Å². The highest BCUT2D eigenvalue weighted by molar-refractivity contribution is 5.69. The molecule has 0 unspecified atom stereocenters. The topological polar surface area (TPSA) is 94.4 Å². The number of ether oxygens (including phenoxy) is 1. The number of carbonyl (C=O) groups excluding carboxylic acids is 1. The molecule has 0 bridgehead atoms. The number of aromatic nitrogens is 1. The van der Waals surface area contributed by atoms with Crippen LogP contribution in [0.2, 0.25) is 0 Å². The normalized spacial score (nSPS) is 14.8. The second-order valence-corrected chi connectivity index (χ2v) is 6.91. The number of pyridine rings is 1. The Morgan fingerprint density at radius 3 is 2.73 bits per heavy atom. The molecule has 1 aliphatic rings. The summed E-state index contributed by atoms with van der Waals surface area (Å²) >= 11 is 0. The Morgan fingerprint density at radius 1 is 1.23 bits per heavy atom. The third-order valence-corrected chi connectivity index (χ3v) is 4.83. The van der Waals surface area contributed by atoms with E-state index in [9.17, 15) is 14.9 Å². The van der Waals surface area contributed by atoms with Gasteiger partial charge in [0.2, 0.25) is 0 Å². The molecule has 7 heteroatoms. The van der Waals surface area contributed by atoms with Gasteiger partial charge >= 0.3 is 5.97 Å². The number of rotatable bonds is 11. The Kier molecular flexibility index (Phi) is 8.86. The minimum atomic E-state index is -0.465. The van der Waals surface area contributed by atoms with Gasteiger partial charge in [0.25, 0.3) is 5.69 Å². The number of nitrogens with one attached hydrogen (secondary N) is 1. The van der Waals surface area contributed by atoms with Crippen LogP contribution < -0.4 is 5.32 Å². The van der Waals surface area contributed by atoms with Crippen molar-refractivity contribution in [2.24, 2.45) is 5.92 Å². The number of nitrogens with zero attached hydrogens (tertiary/aromatic N) is 2. The highest BCUT2D eigenvalue weighted by Crippen LogP contribution is 2.27. The molecule has 2 rings (SSSR count). The van der Waals surface area contributed by atoms with Crippen molar-refractivity contribution in [2.45, 2.75) is 64.2 Å². The number of hydrogen-bond donors (Lipinski definition) is 1. The van der Waals surface area contributed by atoms with Crippen LogP contribution in [0.3, 0.4) is 0 Å². The summed E-state index contributed by atoms with van der Waals surface area (Å²) in [5.41, 5.74) is -0.0131. The highest BCUT2D eigenvalue weighted by atomic mass is 16.6. The van der Waals surface area contributed by atoms with Crippen molar-refractivity contribution in [3.8, 4) is 0 Å². The molecule has 1 N–H and O–H groups in total. The third kappa shape index (κ3) is 7.80. The van der Waals surface area contributed by atoms with Gasteiger partial charge in [0.05, 0.1) is 11.5 Å². The van der Waals surface area contributed by atoms with Crippen LogP contribution in [-0.4, -0.2) is 29.0 Å². The first kappa shape index (κ1) is 20.1. The average molecular weight is 363 g/mol. The van der Waals surface area contributed by atoms with Gasteiger partial charge in [-0.2, -0.15) is 0 Å². The summed E-state index contributed by atoms with van der Waals surface area (Å²) in [7, 11) is 0. The lowest BCUT2D eigenvalue weighted by atomic mass is 9.86. The highest BCUT2D eigenvalue weighted by Gasteiger charge is 2.15. The van der Waals surface area contributed by atoms with Crippen molar-refractivity contribution < 1.29 is 14.5 Å². The SMILES string of the molecule is O=C(CCC1CCCCC1)OCCCCCNc1ccc([N+](=O)[O-])cn1. The number of unbranched alkanes of at least 4 members (excludes halogenated alkanes) is 2. The average Bonchev–Trinajstić information content (AvgIpc) is 2.67. The lowest BCUT2D eigenvalue weighted by Crippen LogP contribution is -2.11. The Hall–Kier alpha value is -2.18. The van der Waals surface area contributed by atoms with Gasteiger partial charge in [-0.25, -0.2) is 4.98 Å². The summed E-state index contributed by atoms with van der Waals surface area (Å²) in [5.74, 6) is 1.28. The first-order valence-electron chi connectivity index (χ1n) is 9.65. The van der Waals surface area contributed by atoms with Crippen LogP contribution in [0.1, 0.15) is 64.2 Å². The summed E-state index contributed by atoms with van der Waals surface area (Å²) < 4.78 is 5.30. The number of esters is 1. The van der Waals surface area contributed by atoms with E-state index in [1.54, 1.807) is 6.07 Å². The maximum Gasteiger partial charge on any atom is 0.305 e. The van der Waals surface area contributed by atoms with Gasteiger partial charge in [-0.05, 0) is 37.7 Å². The van der Waals surface area contributed by atoms with Gasteiger partial charge in [0.1, 0.15) is 12.0 Å². The zero-order valence-corrected chi connectivity index (χ0v) is 15.3. The third-order valence-electron chi connectivity index (χ3n) is 4.83. The summed E-state index contributed by atoms with van der Waals surface area (Å²) in [6, 6.07) is 3.04. The van der Waals surface area contributed by atoms with E-state index < -0.39 is 4.92 Å². The van der Waals surface area contributed by atoms with Crippen molar-refractivity contribution >= 4 is 17.5 Å². The van der Waals surface area contributed by atoms with Crippen LogP contribution >= 0.6 is 0 Å². The molecule has 0 spiro atoms. The van der Waals surface area contributed by atoms with Crippen LogP contribution in [-0.2, 0) is 9.53 Å². The monoisotopic (exact) mass is 363 g/mol. The first-order valence-corrected chi connectivity index (χ1v) is 9.65. The van der Waals surface area contributed by atoms with Crippen LogP contribution in [0.15, 0.2) is 18.3 Å². The predicted molar refractivity (Wildman–Crippen MR) is 100 cm³/mol. The van der Waals surface area contributed by atoms with Gasteiger partial charge in [0, 0.05) is 19.0 Å². The van der Waals surface area contributed by atoms with E-state index in [1.807, 2.05) is 0 Å². The molecule has 1 heterocycles. The Bertz CT molecular complexity index is 556. The lowest BCUT2D eigenvalue weighted by molar-refractivity contribution is -0.385. The fourth-order valence-electron chi connectivity index (χ4n) is 3.27. The van der Waals surface area contributed by atoms with E-state index in [4.69, 9.17) is 4.74 Å². The molecule has 1 aromatic heterocycles. The van der Waals surface area contributed by atoms with E-state index >= 15 is 0 Å². The van der Waals surface area contributed by atoms with E-state index in [0.717, 1.165) is 38.1 Å². The van der Waals surface area contributed by atoms with Gasteiger partial charge in [-0.3, -0.25) is 14.9 Å². The zero-order chi connectivity index (χ0) is 18.6. The Labute approximate surface area is 154 Å². The molecule has 0 radical (unpaired) electrons. The van der Waals surface area contributed by atoms with E-state index in [0.29, 0.717) is 18.8 Å². The van der Waals surface area contributed by atoms with Gasteiger partial charge in [-0.1, -0.05) is 32.1 Å². The summed E-state index contributed by atoms with van der Waals surface area (Å²) in [6.07, 6.45) is 12.0. The molecule has 144 valence electrons. The fraction of sp³-hybridized carbons (Fsp3) is 0.684. The first-order chi connectivity index (χ1) is 12.6. The second kappa shape index (κ2) is 11.4. The molecule has 0 saturated heterocycles. The summed E-state index contributed by atoms with van der Waals surface area (Å²) in [5, 5.41) is 13.7. The molecular formula is C19H29N3O4. The molecule has 1 aliphatic carbocycles. The van der Waals surface area contributed by atoms with Crippen LogP contribution in [0.5, 0.6) is 0 Å². The molecule has 0 amide bonds. The number of anilines is 1. The Balaban J connectivity index is 1.45. The molecule has 1 saturated carbocycles. The van der Waals surface area contributed by atoms with Gasteiger partial charge in [-0.15, -0.1) is 0 Å². The van der Waals surface area contributed by atoms with E-state index in [2.05, 4.69) is 10.3 Å². The minimum absolute atomic E-state index is 0.0131. The quantitative estimate of drug-likeness (QED) is 0.270. The second-order valence-electron chi connectivity index (χ2n) is 6.91. The van der Waals surface area contributed by atoms with E-state index in [1.165, 1.54) is 44.4 Å². The molecule has 26 heavy (non-hydrogen) atoms. The maximum atomic E-state index is 11.7. The molecular weight excluding hydrogens is 334 g/mol. The molecule has 0 aliphatic heterocycles. The van der Waals surface area contributed by atoms with Gasteiger partial charge < -0.3 is 10.1 Å². The van der Waals surface area contributed by atoms with Crippen molar-refractivity contribution in [3.63, 3.8) is 0 Å². The van der Waals surface area contributed by atoms with E-state index in [-0.39, 0.29) is 11.7 Å². The van der Waals surface area contributed by atoms with Crippen LogP contribution in [0.25, 0.3) is 0 Å². The summed E-state index contributed by atoms with van der Waals surface area (Å²) in [4.78, 5) is 25.8. The van der Waals surface area contributed by atoms with Crippen molar-refractivity contribution in [1.29, 1.82) is 0 Å². The number of carbonyl (C=O) groups is 1. The Morgan fingerprint density at radius 2 is 2.04 bits per heavy atom. The molecule has 1 fully saturated rings. The van der Waals surface area contributed by atoms with Crippen LogP contribution in [0, 0.1) is 16.0 Å². The molecule has 0 atom stereocenters. The summed E-state index contributed by atoms with van der Waals surface area (Å²) in [6.45, 7) is 1.22. The minimum Gasteiger partial charge on any atom is -0.466 e. The van der Waals surface area contributed by atoms with Crippen molar-refractivity contribution in [3.05, 3.63) is 28.4 Å². The predicted octanol–water partition coefficient (Wildman–Crippen LogP) is 4.48. The zero-order valence-electron chi connectivity index (χ0n) is 15.3. The van der Waals surface area contributed by atoms with Gasteiger partial charge in [0.15, 0.2) is 0 Å². The number of nitro groups is 1. The number of hydrogen-bond acceptors (Lipinski definition) is 6. The molecule has 0 aromatic carbocycles. The van der Waals surface area contributed by atoms with Crippen LogP contribution in [0.4, 0.5) is 11.5 Å². The molecule has 1 aromatic rings. The fourth-order valence-corrected chi connectivity index (χ4v) is 3.27. The largest absolute Gasteiger partial charge is 0.466 e. The smallest absolute Gasteiger partial charge is 0.305 e.